The van der Waals surface area contributed by atoms with Gasteiger partial charge in [0, 0.05) is 11.3 Å². The van der Waals surface area contributed by atoms with Crippen molar-refractivity contribution in [2.24, 2.45) is 0 Å². The van der Waals surface area contributed by atoms with E-state index in [4.69, 9.17) is 4.74 Å². The van der Waals surface area contributed by atoms with E-state index in [0.29, 0.717) is 5.69 Å². The summed E-state index contributed by atoms with van der Waals surface area (Å²) in [6.07, 6.45) is 0. The molecule has 2 N–H and O–H groups in total. The lowest BCUT2D eigenvalue weighted by molar-refractivity contribution is -0.146. The van der Waals surface area contributed by atoms with Gasteiger partial charge in [-0.25, -0.2) is 4.39 Å². The summed E-state index contributed by atoms with van der Waals surface area (Å²) >= 11 is 0. The van der Waals surface area contributed by atoms with E-state index in [1.54, 1.807) is 0 Å². The SMILES string of the molecule is Cc1ccc(C)c(NC(=O)COC(=O)CNC(=O)c2cccc(F)c2)c1. The number of nitrogens with one attached hydrogen (secondary N) is 2. The normalized spacial score (nSPS) is 10.1. The lowest BCUT2D eigenvalue weighted by atomic mass is 10.1. The first-order valence-electron chi connectivity index (χ1n) is 7.91. The Balaban J connectivity index is 1.77. The minimum absolute atomic E-state index is 0.0884. The molecule has 2 aromatic carbocycles. The fourth-order valence-corrected chi connectivity index (χ4v) is 2.14. The molecule has 26 heavy (non-hydrogen) atoms. The van der Waals surface area contributed by atoms with Crippen molar-refractivity contribution >= 4 is 23.5 Å². The molecule has 0 aliphatic heterocycles. The summed E-state index contributed by atoms with van der Waals surface area (Å²) in [6.45, 7) is 2.85. The Morgan fingerprint density at radius 2 is 1.85 bits per heavy atom. The number of ether oxygens (including phenoxy) is 1. The average molecular weight is 358 g/mol. The van der Waals surface area contributed by atoms with Gasteiger partial charge in [-0.2, -0.15) is 0 Å². The maximum atomic E-state index is 13.1. The van der Waals surface area contributed by atoms with Crippen LogP contribution in [0.1, 0.15) is 21.5 Å². The van der Waals surface area contributed by atoms with Gasteiger partial charge in [0.05, 0.1) is 0 Å². The third-order valence-electron chi connectivity index (χ3n) is 3.51. The van der Waals surface area contributed by atoms with Crippen LogP contribution in [0.2, 0.25) is 0 Å². The van der Waals surface area contributed by atoms with Crippen LogP contribution >= 0.6 is 0 Å². The lowest BCUT2D eigenvalue weighted by Crippen LogP contribution is -2.32. The van der Waals surface area contributed by atoms with Crippen LogP contribution in [0, 0.1) is 19.7 Å². The van der Waals surface area contributed by atoms with Crippen LogP contribution in [0.3, 0.4) is 0 Å². The molecule has 2 amide bonds. The number of anilines is 1. The first-order chi connectivity index (χ1) is 12.3. The second-order valence-corrected chi connectivity index (χ2v) is 5.72. The molecule has 0 spiro atoms. The lowest BCUT2D eigenvalue weighted by Gasteiger charge is -2.10. The molecule has 0 saturated carbocycles. The smallest absolute Gasteiger partial charge is 0.325 e. The highest BCUT2D eigenvalue weighted by atomic mass is 19.1. The van der Waals surface area contributed by atoms with Crippen molar-refractivity contribution in [2.75, 3.05) is 18.5 Å². The van der Waals surface area contributed by atoms with Gasteiger partial charge in [-0.3, -0.25) is 14.4 Å². The second kappa shape index (κ2) is 8.75. The highest BCUT2D eigenvalue weighted by Gasteiger charge is 2.12. The van der Waals surface area contributed by atoms with Gasteiger partial charge in [-0.05, 0) is 49.2 Å². The molecular formula is C19H19FN2O4. The van der Waals surface area contributed by atoms with Gasteiger partial charge in [-0.1, -0.05) is 18.2 Å². The minimum Gasteiger partial charge on any atom is -0.454 e. The van der Waals surface area contributed by atoms with Crippen molar-refractivity contribution in [3.63, 3.8) is 0 Å². The zero-order chi connectivity index (χ0) is 19.1. The van der Waals surface area contributed by atoms with Crippen LogP contribution in [0.5, 0.6) is 0 Å². The summed E-state index contributed by atoms with van der Waals surface area (Å²) in [5.41, 5.74) is 2.61. The first-order valence-corrected chi connectivity index (χ1v) is 7.91. The van der Waals surface area contributed by atoms with Crippen LogP contribution in [-0.4, -0.2) is 30.9 Å². The van der Waals surface area contributed by atoms with Crippen molar-refractivity contribution in [3.8, 4) is 0 Å². The minimum atomic E-state index is -0.772. The van der Waals surface area contributed by atoms with Crippen molar-refractivity contribution in [3.05, 3.63) is 65.0 Å². The van der Waals surface area contributed by atoms with Gasteiger partial charge in [0.1, 0.15) is 12.4 Å². The Morgan fingerprint density at radius 1 is 1.08 bits per heavy atom. The molecule has 0 aromatic heterocycles. The molecule has 2 rings (SSSR count). The second-order valence-electron chi connectivity index (χ2n) is 5.72. The molecule has 136 valence electrons. The molecule has 0 unspecified atom stereocenters. The maximum absolute atomic E-state index is 13.1. The zero-order valence-corrected chi connectivity index (χ0v) is 14.5. The molecule has 0 bridgehead atoms. The predicted molar refractivity (Wildman–Crippen MR) is 94.2 cm³/mol. The molecule has 7 heteroatoms. The third-order valence-corrected chi connectivity index (χ3v) is 3.51. The van der Waals surface area contributed by atoms with Crippen molar-refractivity contribution in [2.45, 2.75) is 13.8 Å². The van der Waals surface area contributed by atoms with E-state index in [0.717, 1.165) is 17.2 Å². The van der Waals surface area contributed by atoms with Crippen LogP contribution < -0.4 is 10.6 Å². The van der Waals surface area contributed by atoms with E-state index in [1.165, 1.54) is 18.2 Å². The Bertz CT molecular complexity index is 836. The van der Waals surface area contributed by atoms with Crippen molar-refractivity contribution < 1.29 is 23.5 Å². The highest BCUT2D eigenvalue weighted by Crippen LogP contribution is 2.16. The first kappa shape index (κ1) is 19.1. The van der Waals surface area contributed by atoms with Crippen LogP contribution in [-0.2, 0) is 14.3 Å². The van der Waals surface area contributed by atoms with Crippen LogP contribution in [0.15, 0.2) is 42.5 Å². The molecular weight excluding hydrogens is 339 g/mol. The van der Waals surface area contributed by atoms with E-state index in [1.807, 2.05) is 32.0 Å². The summed E-state index contributed by atoms with van der Waals surface area (Å²) in [4.78, 5) is 35.3. The summed E-state index contributed by atoms with van der Waals surface area (Å²) in [6, 6.07) is 10.7. The Labute approximate surface area is 150 Å². The molecule has 0 heterocycles. The summed E-state index contributed by atoms with van der Waals surface area (Å²) in [7, 11) is 0. The Kier molecular flexibility index (Phi) is 6.43. The fourth-order valence-electron chi connectivity index (χ4n) is 2.14. The van der Waals surface area contributed by atoms with E-state index >= 15 is 0 Å². The predicted octanol–water partition coefficient (Wildman–Crippen LogP) is 2.35. The summed E-state index contributed by atoms with van der Waals surface area (Å²) in [5.74, 6) is -2.42. The number of amides is 2. The number of hydrogen-bond donors (Lipinski definition) is 2. The number of esters is 1. The van der Waals surface area contributed by atoms with E-state index in [-0.39, 0.29) is 5.56 Å². The number of aryl methyl sites for hydroxylation is 2. The maximum Gasteiger partial charge on any atom is 0.325 e. The van der Waals surface area contributed by atoms with E-state index in [2.05, 4.69) is 10.6 Å². The molecule has 0 atom stereocenters. The Hall–Kier alpha value is -3.22. The van der Waals surface area contributed by atoms with Gasteiger partial charge >= 0.3 is 5.97 Å². The molecule has 0 fully saturated rings. The zero-order valence-electron chi connectivity index (χ0n) is 14.5. The van der Waals surface area contributed by atoms with Gasteiger partial charge in [0.15, 0.2) is 6.61 Å². The fraction of sp³-hybridized carbons (Fsp3) is 0.211. The van der Waals surface area contributed by atoms with Gasteiger partial charge < -0.3 is 15.4 Å². The molecule has 2 aromatic rings. The summed E-state index contributed by atoms with van der Waals surface area (Å²) in [5, 5.41) is 4.96. The number of hydrogen-bond acceptors (Lipinski definition) is 4. The topological polar surface area (TPSA) is 84.5 Å². The highest BCUT2D eigenvalue weighted by molar-refractivity contribution is 5.96. The average Bonchev–Trinajstić information content (AvgIpc) is 2.61. The van der Waals surface area contributed by atoms with Crippen molar-refractivity contribution in [1.29, 1.82) is 0 Å². The van der Waals surface area contributed by atoms with Gasteiger partial charge in [-0.15, -0.1) is 0 Å². The van der Waals surface area contributed by atoms with E-state index < -0.39 is 36.8 Å². The van der Waals surface area contributed by atoms with Crippen LogP contribution in [0.4, 0.5) is 10.1 Å². The number of carbonyl (C=O) groups is 3. The molecule has 0 saturated heterocycles. The van der Waals surface area contributed by atoms with Gasteiger partial charge in [0.25, 0.3) is 11.8 Å². The molecule has 0 radical (unpaired) electrons. The number of halogens is 1. The van der Waals surface area contributed by atoms with E-state index in [9.17, 15) is 18.8 Å². The molecule has 0 aliphatic rings. The largest absolute Gasteiger partial charge is 0.454 e. The quantitative estimate of drug-likeness (QED) is 0.777. The van der Waals surface area contributed by atoms with Gasteiger partial charge in [0.2, 0.25) is 0 Å². The monoisotopic (exact) mass is 358 g/mol. The number of benzene rings is 2. The summed E-state index contributed by atoms with van der Waals surface area (Å²) < 4.78 is 17.9. The molecule has 6 nitrogen and oxygen atoms in total. The standard InChI is InChI=1S/C19H19FN2O4/c1-12-6-7-13(2)16(8-12)22-17(23)11-26-18(24)10-21-19(25)14-4-3-5-15(20)9-14/h3-9H,10-11H2,1-2H3,(H,21,25)(H,22,23). The van der Waals surface area contributed by atoms with Crippen LogP contribution in [0.25, 0.3) is 0 Å². The van der Waals surface area contributed by atoms with Crippen molar-refractivity contribution in [1.82, 2.24) is 5.32 Å². The third kappa shape index (κ3) is 5.70. The number of carbonyl (C=O) groups excluding carboxylic acids is 3. The molecule has 0 aliphatic carbocycles. The Morgan fingerprint density at radius 3 is 2.58 bits per heavy atom. The number of rotatable bonds is 6.